The lowest BCUT2D eigenvalue weighted by atomic mass is 9.82. The third kappa shape index (κ3) is 2.33. The Kier molecular flexibility index (Phi) is 3.78. The van der Waals surface area contributed by atoms with Crippen LogP contribution in [0.25, 0.3) is 0 Å². The summed E-state index contributed by atoms with van der Waals surface area (Å²) in [6.45, 7) is 2.86. The van der Waals surface area contributed by atoms with Gasteiger partial charge in [-0.15, -0.1) is 0 Å². The highest BCUT2D eigenvalue weighted by Gasteiger charge is 2.52. The molecule has 4 nitrogen and oxygen atoms in total. The van der Waals surface area contributed by atoms with Crippen LogP contribution in [0.3, 0.4) is 0 Å². The van der Waals surface area contributed by atoms with Gasteiger partial charge in [0.1, 0.15) is 5.54 Å². The topological polar surface area (TPSA) is 43.7 Å². The first-order valence-electron chi connectivity index (χ1n) is 7.48. The maximum atomic E-state index is 14.8. The van der Waals surface area contributed by atoms with Gasteiger partial charge in [-0.05, 0) is 19.9 Å². The predicted molar refractivity (Wildman–Crippen MR) is 87.4 cm³/mol. The van der Waals surface area contributed by atoms with Gasteiger partial charge in [-0.3, -0.25) is 4.99 Å². The molecule has 0 saturated carbocycles. The summed E-state index contributed by atoms with van der Waals surface area (Å²) in [7, 11) is 2.99. The van der Waals surface area contributed by atoms with Gasteiger partial charge < -0.3 is 9.47 Å². The number of hydrogen-bond donors (Lipinski definition) is 0. The molecule has 1 aromatic carbocycles. The highest BCUT2D eigenvalue weighted by Crippen LogP contribution is 2.46. The number of nitrogens with zero attached hydrogens (tertiary/aromatic N) is 2. The second-order valence-corrected chi connectivity index (χ2v) is 6.07. The van der Waals surface area contributed by atoms with Gasteiger partial charge in [-0.2, -0.15) is 8.78 Å². The monoisotopic (exact) mass is 332 g/mol. The largest absolute Gasteiger partial charge is 0.491 e. The van der Waals surface area contributed by atoms with Gasteiger partial charge in [0.15, 0.2) is 5.75 Å². The van der Waals surface area contributed by atoms with Crippen molar-refractivity contribution in [3.05, 3.63) is 53.2 Å². The first-order chi connectivity index (χ1) is 11.3. The molecule has 6 heteroatoms. The molecule has 0 fully saturated rings. The Morgan fingerprint density at radius 3 is 2.42 bits per heavy atom. The average molecular weight is 332 g/mol. The number of rotatable bonds is 3. The Morgan fingerprint density at radius 2 is 1.75 bits per heavy atom. The van der Waals surface area contributed by atoms with E-state index in [1.54, 1.807) is 30.5 Å². The summed E-state index contributed by atoms with van der Waals surface area (Å²) < 4.78 is 39.9. The maximum Gasteiger partial charge on any atom is 0.297 e. The van der Waals surface area contributed by atoms with Gasteiger partial charge >= 0.3 is 0 Å². The van der Waals surface area contributed by atoms with E-state index < -0.39 is 11.5 Å². The van der Waals surface area contributed by atoms with Crippen molar-refractivity contribution in [1.29, 1.82) is 0 Å². The molecule has 0 spiro atoms. The average Bonchev–Trinajstić information content (AvgIpc) is 2.58. The number of aromatic nitrogens is 1. The second-order valence-electron chi connectivity index (χ2n) is 6.07. The van der Waals surface area contributed by atoms with E-state index in [1.165, 1.54) is 34.1 Å². The molecule has 0 radical (unpaired) electrons. The smallest absolute Gasteiger partial charge is 0.297 e. The maximum absolute atomic E-state index is 14.8. The molecule has 3 rings (SSSR count). The fraction of sp³-hybridized carbons (Fsp3) is 0.333. The quantitative estimate of drug-likeness (QED) is 0.858. The van der Waals surface area contributed by atoms with Crippen LogP contribution >= 0.6 is 0 Å². The summed E-state index contributed by atoms with van der Waals surface area (Å²) >= 11 is 0. The number of methoxy groups -OCH3 is 2. The van der Waals surface area contributed by atoms with Gasteiger partial charge in [-0.1, -0.05) is 24.3 Å². The Bertz CT molecular complexity index is 816. The predicted octanol–water partition coefficient (Wildman–Crippen LogP) is 3.82. The molecule has 0 atom stereocenters. The third-order valence-corrected chi connectivity index (χ3v) is 4.19. The van der Waals surface area contributed by atoms with Gasteiger partial charge in [-0.25, -0.2) is 4.98 Å². The van der Waals surface area contributed by atoms with E-state index in [-0.39, 0.29) is 5.56 Å². The Hall–Kier alpha value is -2.50. The molecular formula is C18H18F2N2O2. The van der Waals surface area contributed by atoms with Crippen LogP contribution in [0.15, 0.2) is 41.5 Å². The van der Waals surface area contributed by atoms with Crippen molar-refractivity contribution >= 4 is 5.71 Å². The number of pyridine rings is 1. The molecule has 0 amide bonds. The molecule has 2 aromatic rings. The van der Waals surface area contributed by atoms with Crippen LogP contribution in [0.4, 0.5) is 8.78 Å². The lowest BCUT2D eigenvalue weighted by molar-refractivity contribution is -0.0681. The summed E-state index contributed by atoms with van der Waals surface area (Å²) in [4.78, 5) is 8.52. The summed E-state index contributed by atoms with van der Waals surface area (Å²) in [5, 5.41) is 0. The van der Waals surface area contributed by atoms with E-state index in [0.29, 0.717) is 28.5 Å². The first kappa shape index (κ1) is 16.4. The molecule has 0 aliphatic carbocycles. The number of alkyl halides is 2. The normalized spacial score (nSPS) is 17.7. The fourth-order valence-electron chi connectivity index (χ4n) is 2.78. The molecule has 0 bridgehead atoms. The van der Waals surface area contributed by atoms with E-state index in [0.717, 1.165) is 0 Å². The fourth-order valence-corrected chi connectivity index (χ4v) is 2.78. The van der Waals surface area contributed by atoms with Crippen LogP contribution in [-0.4, -0.2) is 30.5 Å². The molecule has 2 heterocycles. The lowest BCUT2D eigenvalue weighted by Crippen LogP contribution is -2.44. The van der Waals surface area contributed by atoms with Gasteiger partial charge in [0.05, 0.1) is 19.9 Å². The van der Waals surface area contributed by atoms with E-state index >= 15 is 0 Å². The van der Waals surface area contributed by atoms with Gasteiger partial charge in [0.2, 0.25) is 0 Å². The van der Waals surface area contributed by atoms with E-state index in [4.69, 9.17) is 9.47 Å². The molecule has 0 N–H and O–H groups in total. The van der Waals surface area contributed by atoms with Crippen molar-refractivity contribution in [3.8, 4) is 11.6 Å². The summed E-state index contributed by atoms with van der Waals surface area (Å²) in [6, 6.07) is 8.12. The molecular weight excluding hydrogens is 314 g/mol. The molecule has 24 heavy (non-hydrogen) atoms. The molecule has 1 aliphatic rings. The van der Waals surface area contributed by atoms with Crippen molar-refractivity contribution in [2.75, 3.05) is 14.2 Å². The zero-order valence-electron chi connectivity index (χ0n) is 13.9. The van der Waals surface area contributed by atoms with Crippen molar-refractivity contribution in [3.63, 3.8) is 0 Å². The molecule has 0 unspecified atom stereocenters. The number of ether oxygens (including phenoxy) is 2. The lowest BCUT2D eigenvalue weighted by Gasteiger charge is -2.37. The summed E-state index contributed by atoms with van der Waals surface area (Å²) in [6.07, 6.45) is 1.55. The summed E-state index contributed by atoms with van der Waals surface area (Å²) in [5.41, 5.74) is -0.131. The Balaban J connectivity index is 2.23. The molecule has 126 valence electrons. The molecule has 1 aromatic heterocycles. The van der Waals surface area contributed by atoms with Crippen molar-refractivity contribution in [1.82, 2.24) is 4.98 Å². The highest BCUT2D eigenvalue weighted by atomic mass is 19.3. The zero-order chi connectivity index (χ0) is 17.5. The van der Waals surface area contributed by atoms with Crippen molar-refractivity contribution < 1.29 is 18.3 Å². The number of halogens is 2. The van der Waals surface area contributed by atoms with Crippen LogP contribution in [0, 0.1) is 0 Å². The SMILES string of the molecule is COc1cc(C2=NC(C)(C)C(F)(F)c3ccccc32)cnc1OC. The minimum Gasteiger partial charge on any atom is -0.491 e. The number of benzene rings is 1. The van der Waals surface area contributed by atoms with Crippen LogP contribution in [0.1, 0.15) is 30.5 Å². The summed E-state index contributed by atoms with van der Waals surface area (Å²) in [5.74, 6) is -2.31. The Morgan fingerprint density at radius 1 is 1.04 bits per heavy atom. The number of hydrogen-bond acceptors (Lipinski definition) is 4. The molecule has 1 aliphatic heterocycles. The van der Waals surface area contributed by atoms with Crippen LogP contribution in [0.2, 0.25) is 0 Å². The minimum atomic E-state index is -3.06. The van der Waals surface area contributed by atoms with Crippen molar-refractivity contribution in [2.45, 2.75) is 25.3 Å². The number of fused-ring (bicyclic) bond motifs is 1. The molecule has 0 saturated heterocycles. The van der Waals surface area contributed by atoms with Gasteiger partial charge in [0, 0.05) is 22.9 Å². The minimum absolute atomic E-state index is 0.0326. The van der Waals surface area contributed by atoms with E-state index in [9.17, 15) is 8.78 Å². The highest BCUT2D eigenvalue weighted by molar-refractivity contribution is 6.14. The van der Waals surface area contributed by atoms with Crippen LogP contribution in [-0.2, 0) is 5.92 Å². The third-order valence-electron chi connectivity index (χ3n) is 4.19. The second kappa shape index (κ2) is 5.54. The van der Waals surface area contributed by atoms with Crippen LogP contribution in [0.5, 0.6) is 11.6 Å². The van der Waals surface area contributed by atoms with E-state index in [2.05, 4.69) is 9.98 Å². The number of aliphatic imine (C=N–C) groups is 1. The zero-order valence-corrected chi connectivity index (χ0v) is 13.9. The van der Waals surface area contributed by atoms with E-state index in [1.807, 2.05) is 0 Å². The first-order valence-corrected chi connectivity index (χ1v) is 7.48. The Labute approximate surface area is 139 Å². The van der Waals surface area contributed by atoms with Crippen molar-refractivity contribution in [2.24, 2.45) is 4.99 Å². The van der Waals surface area contributed by atoms with Crippen LogP contribution < -0.4 is 9.47 Å². The standard InChI is InChI=1S/C18H18F2N2O2/c1-17(2)18(19,20)13-8-6-5-7-12(13)15(22-17)11-9-14(23-3)16(24-4)21-10-11/h5-10H,1-4H3. The van der Waals surface area contributed by atoms with Gasteiger partial charge in [0.25, 0.3) is 11.8 Å².